The average molecular weight is 401 g/mol. The predicted octanol–water partition coefficient (Wildman–Crippen LogP) is 2.35. The topological polar surface area (TPSA) is 89.4 Å². The first-order valence-corrected chi connectivity index (χ1v) is 10.5. The van der Waals surface area contributed by atoms with Crippen LogP contribution >= 0.6 is 0 Å². The van der Waals surface area contributed by atoms with Gasteiger partial charge < -0.3 is 14.6 Å². The first kappa shape index (κ1) is 20.1. The molecule has 0 atom stereocenters. The normalized spacial score (nSPS) is 11.6. The van der Waals surface area contributed by atoms with Gasteiger partial charge in [0.1, 0.15) is 6.54 Å². The highest BCUT2D eigenvalue weighted by molar-refractivity contribution is 7.88. The first-order chi connectivity index (χ1) is 13.5. The van der Waals surface area contributed by atoms with E-state index in [-0.39, 0.29) is 24.7 Å². The molecule has 0 aliphatic heterocycles. The van der Waals surface area contributed by atoms with Gasteiger partial charge in [0.15, 0.2) is 0 Å². The number of fused-ring (bicyclic) bond motifs is 1. The summed E-state index contributed by atoms with van der Waals surface area (Å²) in [6.07, 6.45) is 1.87. The van der Waals surface area contributed by atoms with E-state index in [1.807, 2.05) is 41.1 Å². The van der Waals surface area contributed by atoms with Gasteiger partial charge in [0.05, 0.1) is 12.4 Å². The van der Waals surface area contributed by atoms with Crippen LogP contribution < -0.4 is 10.0 Å². The minimum absolute atomic E-state index is 0.164. The van der Waals surface area contributed by atoms with Crippen LogP contribution in [-0.2, 0) is 31.9 Å². The molecule has 0 aliphatic carbocycles. The van der Waals surface area contributed by atoms with E-state index in [1.54, 1.807) is 24.3 Å². The highest BCUT2D eigenvalue weighted by atomic mass is 32.2. The van der Waals surface area contributed by atoms with Crippen LogP contribution in [0.5, 0.6) is 0 Å². The molecule has 1 amide bonds. The summed E-state index contributed by atoms with van der Waals surface area (Å²) < 4.78 is 33.4. The molecule has 3 rings (SSSR count). The van der Waals surface area contributed by atoms with Crippen LogP contribution in [0, 0.1) is 0 Å². The molecule has 148 valence electrons. The van der Waals surface area contributed by atoms with E-state index < -0.39 is 10.0 Å². The molecule has 0 saturated carbocycles. The van der Waals surface area contributed by atoms with Gasteiger partial charge in [-0.25, -0.2) is 13.1 Å². The van der Waals surface area contributed by atoms with E-state index in [0.29, 0.717) is 17.9 Å². The second kappa shape index (κ2) is 9.01. The van der Waals surface area contributed by atoms with Crippen molar-refractivity contribution in [1.29, 1.82) is 0 Å². The number of nitrogens with zero attached hydrogens (tertiary/aromatic N) is 1. The van der Waals surface area contributed by atoms with Crippen molar-refractivity contribution in [3.8, 4) is 0 Å². The zero-order chi connectivity index (χ0) is 20.0. The Hall–Kier alpha value is -2.68. The number of nitrogens with one attached hydrogen (secondary N) is 2. The third-order valence-electron chi connectivity index (χ3n) is 4.19. The van der Waals surface area contributed by atoms with Crippen LogP contribution in [0.4, 0.5) is 5.69 Å². The predicted molar refractivity (Wildman–Crippen MR) is 110 cm³/mol. The minimum atomic E-state index is -3.46. The smallest absolute Gasteiger partial charge is 0.244 e. The molecule has 3 aromatic rings. The number of carbonyl (C=O) groups excluding carboxylic acids is 1. The molecule has 0 saturated heterocycles. The number of methoxy groups -OCH3 is 1. The van der Waals surface area contributed by atoms with Gasteiger partial charge in [-0.15, -0.1) is 0 Å². The highest BCUT2D eigenvalue weighted by Crippen LogP contribution is 2.16. The Balaban J connectivity index is 1.63. The lowest BCUT2D eigenvalue weighted by molar-refractivity contribution is -0.116. The number of amides is 1. The summed E-state index contributed by atoms with van der Waals surface area (Å²) in [5.41, 5.74) is 2.14. The van der Waals surface area contributed by atoms with Crippen LogP contribution in [0.25, 0.3) is 10.9 Å². The van der Waals surface area contributed by atoms with E-state index in [0.717, 1.165) is 10.9 Å². The van der Waals surface area contributed by atoms with E-state index in [1.165, 1.54) is 7.11 Å². The van der Waals surface area contributed by atoms with Gasteiger partial charge in [0.2, 0.25) is 15.9 Å². The lowest BCUT2D eigenvalue weighted by Crippen LogP contribution is -2.28. The van der Waals surface area contributed by atoms with E-state index in [9.17, 15) is 13.2 Å². The summed E-state index contributed by atoms with van der Waals surface area (Å²) in [5.74, 6) is -0.345. The number of carbonyl (C=O) groups is 1. The number of aromatic nitrogens is 1. The first-order valence-electron chi connectivity index (χ1n) is 8.86. The van der Waals surface area contributed by atoms with Crippen molar-refractivity contribution < 1.29 is 17.9 Å². The van der Waals surface area contributed by atoms with Crippen LogP contribution in [0.1, 0.15) is 5.56 Å². The fourth-order valence-electron chi connectivity index (χ4n) is 2.94. The molecule has 7 nitrogen and oxygen atoms in total. The molecule has 2 aromatic carbocycles. The number of ether oxygens (including phenoxy) is 1. The van der Waals surface area contributed by atoms with Crippen molar-refractivity contribution in [2.45, 2.75) is 12.3 Å². The zero-order valence-corrected chi connectivity index (χ0v) is 16.4. The molecule has 0 radical (unpaired) electrons. The van der Waals surface area contributed by atoms with Gasteiger partial charge in [0, 0.05) is 31.1 Å². The largest absolute Gasteiger partial charge is 0.383 e. The number of hydrogen-bond acceptors (Lipinski definition) is 4. The van der Waals surface area contributed by atoms with Gasteiger partial charge in [-0.05, 0) is 35.2 Å². The Labute approximate surface area is 164 Å². The summed E-state index contributed by atoms with van der Waals surface area (Å²) >= 11 is 0. The van der Waals surface area contributed by atoms with Crippen molar-refractivity contribution in [1.82, 2.24) is 9.29 Å². The summed E-state index contributed by atoms with van der Waals surface area (Å²) in [6, 6.07) is 16.6. The molecule has 0 fully saturated rings. The Kier molecular flexibility index (Phi) is 6.45. The standard InChI is InChI=1S/C20H23N3O4S/c1-27-12-10-21-28(25,26)15-16-5-4-7-18(13-16)22-20(24)14-23-11-9-17-6-2-3-8-19(17)23/h2-9,11,13,21H,10,12,14-15H2,1H3,(H,22,24). The number of anilines is 1. The van der Waals surface area contributed by atoms with Crippen LogP contribution in [-0.4, -0.2) is 39.2 Å². The molecule has 1 aromatic heterocycles. The summed E-state index contributed by atoms with van der Waals surface area (Å²) in [7, 11) is -1.95. The van der Waals surface area contributed by atoms with E-state index >= 15 is 0 Å². The maximum Gasteiger partial charge on any atom is 0.244 e. The quantitative estimate of drug-likeness (QED) is 0.539. The third kappa shape index (κ3) is 5.41. The molecular weight excluding hydrogens is 378 g/mol. The number of hydrogen-bond donors (Lipinski definition) is 2. The molecule has 0 bridgehead atoms. The van der Waals surface area contributed by atoms with Crippen molar-refractivity contribution in [3.05, 3.63) is 66.4 Å². The second-order valence-electron chi connectivity index (χ2n) is 6.40. The van der Waals surface area contributed by atoms with Gasteiger partial charge in [-0.2, -0.15) is 0 Å². The van der Waals surface area contributed by atoms with Crippen LogP contribution in [0.2, 0.25) is 0 Å². The fourth-order valence-corrected chi connectivity index (χ4v) is 4.06. The van der Waals surface area contributed by atoms with Crippen molar-refractivity contribution >= 4 is 32.5 Å². The number of rotatable bonds is 9. The third-order valence-corrected chi connectivity index (χ3v) is 5.55. The maximum absolute atomic E-state index is 12.4. The highest BCUT2D eigenvalue weighted by Gasteiger charge is 2.12. The molecule has 0 spiro atoms. The lowest BCUT2D eigenvalue weighted by Gasteiger charge is -2.10. The van der Waals surface area contributed by atoms with Gasteiger partial charge in [0.25, 0.3) is 0 Å². The Morgan fingerprint density at radius 3 is 2.75 bits per heavy atom. The summed E-state index contributed by atoms with van der Waals surface area (Å²) in [6.45, 7) is 0.706. The molecule has 0 unspecified atom stereocenters. The lowest BCUT2D eigenvalue weighted by atomic mass is 10.2. The van der Waals surface area contributed by atoms with Crippen LogP contribution in [0.15, 0.2) is 60.8 Å². The number of para-hydroxylation sites is 1. The van der Waals surface area contributed by atoms with Crippen LogP contribution in [0.3, 0.4) is 0 Å². The minimum Gasteiger partial charge on any atom is -0.383 e. The Morgan fingerprint density at radius 1 is 1.11 bits per heavy atom. The Morgan fingerprint density at radius 2 is 1.93 bits per heavy atom. The molecular formula is C20H23N3O4S. The summed E-state index contributed by atoms with van der Waals surface area (Å²) in [5, 5.41) is 3.90. The zero-order valence-electron chi connectivity index (χ0n) is 15.6. The SMILES string of the molecule is COCCNS(=O)(=O)Cc1cccc(NC(=O)Cn2ccc3ccccc32)c1. The number of sulfonamides is 1. The monoisotopic (exact) mass is 401 g/mol. The maximum atomic E-state index is 12.4. The Bertz CT molecular complexity index is 1060. The van der Waals surface area contributed by atoms with Crippen molar-refractivity contribution in [2.75, 3.05) is 25.6 Å². The molecule has 0 aliphatic rings. The second-order valence-corrected chi connectivity index (χ2v) is 8.20. The fraction of sp³-hybridized carbons (Fsp3) is 0.250. The average Bonchev–Trinajstić information content (AvgIpc) is 3.04. The van der Waals surface area contributed by atoms with Crippen molar-refractivity contribution in [2.24, 2.45) is 0 Å². The number of benzene rings is 2. The summed E-state index contributed by atoms with van der Waals surface area (Å²) in [4.78, 5) is 12.4. The molecule has 28 heavy (non-hydrogen) atoms. The molecule has 2 N–H and O–H groups in total. The molecule has 1 heterocycles. The van der Waals surface area contributed by atoms with E-state index in [4.69, 9.17) is 4.74 Å². The van der Waals surface area contributed by atoms with Gasteiger partial charge in [-0.3, -0.25) is 4.79 Å². The van der Waals surface area contributed by atoms with E-state index in [2.05, 4.69) is 10.0 Å². The van der Waals surface area contributed by atoms with Crippen molar-refractivity contribution in [3.63, 3.8) is 0 Å². The molecule has 8 heteroatoms. The van der Waals surface area contributed by atoms with Gasteiger partial charge in [-0.1, -0.05) is 30.3 Å². The van der Waals surface area contributed by atoms with Gasteiger partial charge >= 0.3 is 0 Å².